The molecule has 0 aliphatic rings. The van der Waals surface area contributed by atoms with Gasteiger partial charge in [-0.1, -0.05) is 144 Å². The van der Waals surface area contributed by atoms with Gasteiger partial charge in [0.25, 0.3) is 0 Å². The Balaban J connectivity index is 1.31. The van der Waals surface area contributed by atoms with Crippen LogP contribution in [0.5, 0.6) is 0 Å². The largest absolute Gasteiger partial charge is 0.208 e. The monoisotopic (exact) mass is 597 g/mol. The first-order valence-corrected chi connectivity index (χ1v) is 15.8. The Bertz CT molecular complexity index is 1920. The second kappa shape index (κ2) is 12.6. The smallest absolute Gasteiger partial charge is 0.164 e. The molecular formula is C43H39N3. The van der Waals surface area contributed by atoms with Crippen LogP contribution >= 0.6 is 0 Å². The molecule has 0 bridgehead atoms. The summed E-state index contributed by atoms with van der Waals surface area (Å²) in [6, 6.07) is 44.0. The SMILES string of the molecule is CC(C)(C)c1ccc(-c2nc(-c3ccc(C#Cc4ccc(-c5ccccc5)cc4)cc3)nc(-c3ccc(C(C)(C)C)cc3)n2)cc1. The third kappa shape index (κ3) is 7.14. The minimum Gasteiger partial charge on any atom is -0.208 e. The van der Waals surface area contributed by atoms with Gasteiger partial charge in [0.2, 0.25) is 0 Å². The average molecular weight is 598 g/mol. The van der Waals surface area contributed by atoms with E-state index in [4.69, 9.17) is 15.0 Å². The van der Waals surface area contributed by atoms with Gasteiger partial charge < -0.3 is 0 Å². The van der Waals surface area contributed by atoms with Gasteiger partial charge in [0.1, 0.15) is 0 Å². The lowest BCUT2D eigenvalue weighted by molar-refractivity contribution is 0.590. The second-order valence-electron chi connectivity index (χ2n) is 13.7. The molecule has 0 fully saturated rings. The number of hydrogen-bond acceptors (Lipinski definition) is 3. The molecule has 0 aliphatic heterocycles. The molecular weight excluding hydrogens is 558 g/mol. The van der Waals surface area contributed by atoms with Crippen molar-refractivity contribution in [3.8, 4) is 57.1 Å². The highest BCUT2D eigenvalue weighted by molar-refractivity contribution is 5.68. The van der Waals surface area contributed by atoms with Crippen LogP contribution in [0.2, 0.25) is 0 Å². The van der Waals surface area contributed by atoms with Crippen molar-refractivity contribution < 1.29 is 0 Å². The third-order valence-electron chi connectivity index (χ3n) is 8.14. The number of benzene rings is 5. The highest BCUT2D eigenvalue weighted by Gasteiger charge is 2.17. The topological polar surface area (TPSA) is 38.7 Å². The van der Waals surface area contributed by atoms with Gasteiger partial charge in [0, 0.05) is 27.8 Å². The van der Waals surface area contributed by atoms with Crippen LogP contribution in [-0.4, -0.2) is 15.0 Å². The van der Waals surface area contributed by atoms with Gasteiger partial charge in [0.05, 0.1) is 0 Å². The van der Waals surface area contributed by atoms with E-state index in [0.717, 1.165) is 27.8 Å². The normalized spacial score (nSPS) is 11.5. The highest BCUT2D eigenvalue weighted by Crippen LogP contribution is 2.29. The standard InChI is InChI=1S/C43H39N3/c1-42(2,3)37-26-22-35(23-27-37)40-44-39(45-41(46-40)36-24-28-38(29-25-36)43(4,5)6)34-20-16-31(17-21-34)13-12-30-14-18-33(19-15-30)32-10-8-7-9-11-32/h7-11,14-29H,1-6H3. The molecule has 0 radical (unpaired) electrons. The number of aromatic nitrogens is 3. The van der Waals surface area contributed by atoms with E-state index in [1.165, 1.54) is 22.3 Å². The first-order valence-electron chi connectivity index (χ1n) is 15.8. The fourth-order valence-corrected chi connectivity index (χ4v) is 5.23. The van der Waals surface area contributed by atoms with Crippen molar-refractivity contribution in [2.75, 3.05) is 0 Å². The predicted molar refractivity (Wildman–Crippen MR) is 191 cm³/mol. The van der Waals surface area contributed by atoms with Crippen molar-refractivity contribution in [1.29, 1.82) is 0 Å². The minimum atomic E-state index is 0.0685. The number of hydrogen-bond donors (Lipinski definition) is 0. The maximum atomic E-state index is 4.95. The highest BCUT2D eigenvalue weighted by atomic mass is 15.0. The van der Waals surface area contributed by atoms with Crippen LogP contribution in [-0.2, 0) is 10.8 Å². The zero-order chi connectivity index (χ0) is 32.3. The van der Waals surface area contributed by atoms with Crippen molar-refractivity contribution in [3.05, 3.63) is 150 Å². The van der Waals surface area contributed by atoms with Crippen molar-refractivity contribution in [3.63, 3.8) is 0 Å². The average Bonchev–Trinajstić information content (AvgIpc) is 3.07. The summed E-state index contributed by atoms with van der Waals surface area (Å²) in [4.78, 5) is 14.8. The summed E-state index contributed by atoms with van der Waals surface area (Å²) in [5, 5.41) is 0. The predicted octanol–water partition coefficient (Wildman–Crippen LogP) is 10.5. The van der Waals surface area contributed by atoms with Crippen LogP contribution in [0.4, 0.5) is 0 Å². The van der Waals surface area contributed by atoms with E-state index in [1.807, 2.05) is 30.3 Å². The first kappa shape index (κ1) is 30.7. The van der Waals surface area contributed by atoms with Gasteiger partial charge in [-0.15, -0.1) is 0 Å². The van der Waals surface area contributed by atoms with Gasteiger partial charge in [-0.3, -0.25) is 0 Å². The Kier molecular flexibility index (Phi) is 8.39. The van der Waals surface area contributed by atoms with E-state index in [9.17, 15) is 0 Å². The van der Waals surface area contributed by atoms with Crippen molar-refractivity contribution in [1.82, 2.24) is 15.0 Å². The molecule has 0 spiro atoms. The molecule has 6 aromatic rings. The maximum absolute atomic E-state index is 4.95. The molecule has 0 unspecified atom stereocenters. The van der Waals surface area contributed by atoms with Gasteiger partial charge in [-0.2, -0.15) is 0 Å². The molecule has 3 nitrogen and oxygen atoms in total. The van der Waals surface area contributed by atoms with E-state index < -0.39 is 0 Å². The van der Waals surface area contributed by atoms with Gasteiger partial charge in [-0.05, 0) is 69.5 Å². The zero-order valence-electron chi connectivity index (χ0n) is 27.5. The molecule has 0 N–H and O–H groups in total. The molecule has 5 aromatic carbocycles. The Morgan fingerprint density at radius 1 is 0.348 bits per heavy atom. The molecule has 6 rings (SSSR count). The summed E-state index contributed by atoms with van der Waals surface area (Å²) in [5.41, 5.74) is 9.81. The molecule has 3 heteroatoms. The molecule has 1 aromatic heterocycles. The summed E-state index contributed by atoms with van der Waals surface area (Å²) in [5.74, 6) is 8.55. The van der Waals surface area contributed by atoms with Crippen LogP contribution < -0.4 is 0 Å². The Hall–Kier alpha value is -5.33. The van der Waals surface area contributed by atoms with Crippen LogP contribution in [0.3, 0.4) is 0 Å². The molecule has 1 heterocycles. The molecule has 226 valence electrons. The fraction of sp³-hybridized carbons (Fsp3) is 0.186. The second-order valence-corrected chi connectivity index (χ2v) is 13.7. The molecule has 46 heavy (non-hydrogen) atoms. The fourth-order valence-electron chi connectivity index (χ4n) is 5.23. The Morgan fingerprint density at radius 2 is 0.652 bits per heavy atom. The maximum Gasteiger partial charge on any atom is 0.164 e. The van der Waals surface area contributed by atoms with Gasteiger partial charge in [-0.25, -0.2) is 15.0 Å². The zero-order valence-corrected chi connectivity index (χ0v) is 27.5. The van der Waals surface area contributed by atoms with Crippen LogP contribution in [0.25, 0.3) is 45.3 Å². The van der Waals surface area contributed by atoms with Crippen molar-refractivity contribution in [2.45, 2.75) is 52.4 Å². The Labute approximate surface area is 273 Å². The van der Waals surface area contributed by atoms with E-state index in [1.54, 1.807) is 0 Å². The lowest BCUT2D eigenvalue weighted by Gasteiger charge is -2.19. The third-order valence-corrected chi connectivity index (χ3v) is 8.14. The van der Waals surface area contributed by atoms with Gasteiger partial charge >= 0.3 is 0 Å². The molecule has 0 amide bonds. The summed E-state index contributed by atoms with van der Waals surface area (Å²) in [6.45, 7) is 13.3. The lowest BCUT2D eigenvalue weighted by atomic mass is 9.86. The summed E-state index contributed by atoms with van der Waals surface area (Å²) in [7, 11) is 0. The molecule has 0 atom stereocenters. The minimum absolute atomic E-state index is 0.0685. The first-order chi connectivity index (χ1) is 22.0. The number of nitrogens with zero attached hydrogens (tertiary/aromatic N) is 3. The van der Waals surface area contributed by atoms with E-state index >= 15 is 0 Å². The summed E-state index contributed by atoms with van der Waals surface area (Å²) < 4.78 is 0. The molecule has 0 saturated heterocycles. The van der Waals surface area contributed by atoms with Crippen LogP contribution in [0, 0.1) is 11.8 Å². The summed E-state index contributed by atoms with van der Waals surface area (Å²) in [6.07, 6.45) is 0. The van der Waals surface area contributed by atoms with Gasteiger partial charge in [0.15, 0.2) is 17.5 Å². The lowest BCUT2D eigenvalue weighted by Crippen LogP contribution is -2.10. The van der Waals surface area contributed by atoms with E-state index in [-0.39, 0.29) is 10.8 Å². The van der Waals surface area contributed by atoms with E-state index in [2.05, 4.69) is 150 Å². The molecule has 0 aliphatic carbocycles. The van der Waals surface area contributed by atoms with Crippen molar-refractivity contribution in [2.24, 2.45) is 0 Å². The number of rotatable bonds is 4. The van der Waals surface area contributed by atoms with E-state index in [0.29, 0.717) is 17.5 Å². The quantitative estimate of drug-likeness (QED) is 0.190. The van der Waals surface area contributed by atoms with Crippen LogP contribution in [0.15, 0.2) is 127 Å². The van der Waals surface area contributed by atoms with Crippen molar-refractivity contribution >= 4 is 0 Å². The Morgan fingerprint density at radius 3 is 1.00 bits per heavy atom. The molecule has 0 saturated carbocycles. The van der Waals surface area contributed by atoms with Crippen LogP contribution in [0.1, 0.15) is 63.8 Å². The summed E-state index contributed by atoms with van der Waals surface area (Å²) >= 11 is 0.